The first kappa shape index (κ1) is 30.7. The van der Waals surface area contributed by atoms with E-state index in [4.69, 9.17) is 23.4 Å². The molecule has 7 rings (SSSR count). The van der Waals surface area contributed by atoms with E-state index in [2.05, 4.69) is 75.4 Å². The quantitative estimate of drug-likeness (QED) is 0.296. The number of hydrogen-bond acceptors (Lipinski definition) is 5. The van der Waals surface area contributed by atoms with Gasteiger partial charge in [0.05, 0.1) is 24.9 Å². The van der Waals surface area contributed by atoms with Crippen molar-refractivity contribution in [2.75, 3.05) is 6.61 Å². The second kappa shape index (κ2) is 9.53. The van der Waals surface area contributed by atoms with Crippen LogP contribution in [0.3, 0.4) is 0 Å². The summed E-state index contributed by atoms with van der Waals surface area (Å²) in [5.41, 5.74) is 0.548. The van der Waals surface area contributed by atoms with Crippen LogP contribution in [0.1, 0.15) is 114 Å². The summed E-state index contributed by atoms with van der Waals surface area (Å²) in [5, 5.41) is 0.232. The molecule has 0 radical (unpaired) electrons. The Bertz CT molecular complexity index is 1060. The summed E-state index contributed by atoms with van der Waals surface area (Å²) < 4.78 is 34.7. The van der Waals surface area contributed by atoms with Crippen LogP contribution >= 0.6 is 0 Å². The van der Waals surface area contributed by atoms with E-state index in [9.17, 15) is 0 Å². The number of ether oxygens (including phenoxy) is 4. The van der Waals surface area contributed by atoms with Crippen LogP contribution in [0.4, 0.5) is 0 Å². The van der Waals surface area contributed by atoms with E-state index in [0.29, 0.717) is 53.6 Å². The predicted molar refractivity (Wildman–Crippen MR) is 168 cm³/mol. The fourth-order valence-corrected chi connectivity index (χ4v) is 13.3. The lowest BCUT2D eigenvalue weighted by atomic mass is 9.43. The maximum atomic E-state index is 7.10. The Morgan fingerprint density at radius 3 is 2.12 bits per heavy atom. The highest BCUT2D eigenvalue weighted by Gasteiger charge is 2.73. The van der Waals surface area contributed by atoms with Gasteiger partial charge >= 0.3 is 0 Å². The average molecular weight is 603 g/mol. The lowest BCUT2D eigenvalue weighted by molar-refractivity contribution is -0.274. The minimum absolute atomic E-state index is 0.160. The topological polar surface area (TPSA) is 46.2 Å². The van der Waals surface area contributed by atoms with Crippen molar-refractivity contribution in [3.8, 4) is 0 Å². The highest BCUT2D eigenvalue weighted by molar-refractivity contribution is 6.74. The van der Waals surface area contributed by atoms with Crippen molar-refractivity contribution in [1.82, 2.24) is 0 Å². The van der Waals surface area contributed by atoms with Crippen molar-refractivity contribution in [3.05, 3.63) is 0 Å². The van der Waals surface area contributed by atoms with Gasteiger partial charge in [-0.2, -0.15) is 0 Å². The van der Waals surface area contributed by atoms with Crippen molar-refractivity contribution in [2.24, 2.45) is 52.3 Å². The van der Waals surface area contributed by atoms with Crippen molar-refractivity contribution in [3.63, 3.8) is 0 Å². The smallest absolute Gasteiger partial charge is 0.192 e. The fourth-order valence-electron chi connectivity index (χ4n) is 11.9. The van der Waals surface area contributed by atoms with Crippen LogP contribution in [-0.4, -0.2) is 50.9 Å². The first-order chi connectivity index (χ1) is 19.4. The van der Waals surface area contributed by atoms with Gasteiger partial charge < -0.3 is 23.4 Å². The van der Waals surface area contributed by atoms with Gasteiger partial charge in [-0.3, -0.25) is 0 Å². The summed E-state index contributed by atoms with van der Waals surface area (Å²) in [7, 11) is -1.83. The van der Waals surface area contributed by atoms with E-state index >= 15 is 0 Å². The zero-order valence-electron chi connectivity index (χ0n) is 28.8. The first-order valence-corrected chi connectivity index (χ1v) is 20.7. The molecule has 4 saturated carbocycles. The summed E-state index contributed by atoms with van der Waals surface area (Å²) in [5.74, 6) is 3.13. The van der Waals surface area contributed by atoms with Gasteiger partial charge in [0.15, 0.2) is 19.9 Å². The monoisotopic (exact) mass is 602 g/mol. The molecule has 240 valence electrons. The molecule has 4 aliphatic carbocycles. The third-order valence-electron chi connectivity index (χ3n) is 15.0. The van der Waals surface area contributed by atoms with Crippen LogP contribution in [0.2, 0.25) is 18.1 Å². The Labute approximate surface area is 258 Å². The summed E-state index contributed by atoms with van der Waals surface area (Å²) in [6.07, 6.45) is 10.6. The second-order valence-electron chi connectivity index (χ2n) is 18.8. The van der Waals surface area contributed by atoms with E-state index < -0.39 is 14.1 Å². The lowest BCUT2D eigenvalue weighted by Gasteiger charge is -2.64. The number of rotatable bonds is 2. The van der Waals surface area contributed by atoms with Gasteiger partial charge in [-0.25, -0.2) is 0 Å². The molecule has 6 heteroatoms. The van der Waals surface area contributed by atoms with Crippen LogP contribution in [0.15, 0.2) is 0 Å². The standard InChI is InChI=1S/C36H62O5Si/c1-21-12-17-36(37-20-21)22(2)29-27(38-36)19-25-28-24(14-16-35(25,29)9)34(8)15-13-23(41-42(10,11)32(3,4)5)18-26(34)30-31(28)40-33(6,7)39-30/h21-31H,12-20H2,1-11H3/t21?,22-,23?,24-,25-,26+,27-,28+,29-,30+,31+,34+,35-,36+/m0/s1. The Balaban J connectivity index is 1.18. The Morgan fingerprint density at radius 2 is 1.45 bits per heavy atom. The fraction of sp³-hybridized carbons (Fsp3) is 1.00. The molecule has 42 heavy (non-hydrogen) atoms. The molecular formula is C36H62O5Si. The summed E-state index contributed by atoms with van der Waals surface area (Å²) in [6, 6.07) is 0. The SMILES string of the molecule is CC1CC[C@@]2(OC1)O[C@H]1C[C@H]3[C@@H]4[C@H]5OC(C)(C)O[C@@H]5[C@H]5CC(O[Si](C)(C)C(C)(C)C)CC[C@]5(C)[C@H]4CC[C@]3(C)[C@H]1[C@@H]2C. The maximum Gasteiger partial charge on any atom is 0.192 e. The Hall–Kier alpha value is 0.0169. The third kappa shape index (κ3) is 4.30. The average Bonchev–Trinajstić information content (AvgIpc) is 3.46. The van der Waals surface area contributed by atoms with Gasteiger partial charge in [0.25, 0.3) is 0 Å². The van der Waals surface area contributed by atoms with Crippen molar-refractivity contribution < 1.29 is 23.4 Å². The van der Waals surface area contributed by atoms with E-state index in [0.717, 1.165) is 25.9 Å². The zero-order chi connectivity index (χ0) is 30.3. The molecular weight excluding hydrogens is 540 g/mol. The van der Waals surface area contributed by atoms with Crippen LogP contribution in [0.5, 0.6) is 0 Å². The molecule has 0 amide bonds. The molecule has 5 nitrogen and oxygen atoms in total. The molecule has 0 aromatic carbocycles. The molecule has 7 fully saturated rings. The van der Waals surface area contributed by atoms with Gasteiger partial charge in [0.1, 0.15) is 0 Å². The minimum Gasteiger partial charge on any atom is -0.414 e. The highest BCUT2D eigenvalue weighted by Crippen LogP contribution is 2.72. The van der Waals surface area contributed by atoms with Crippen LogP contribution < -0.4 is 0 Å². The Morgan fingerprint density at radius 1 is 0.762 bits per heavy atom. The van der Waals surface area contributed by atoms with Crippen LogP contribution in [-0.2, 0) is 23.4 Å². The number of fused-ring (bicyclic) bond motifs is 10. The molecule has 1 spiro atoms. The lowest BCUT2D eigenvalue weighted by Crippen LogP contribution is -2.64. The van der Waals surface area contributed by atoms with Gasteiger partial charge in [-0.1, -0.05) is 48.5 Å². The van der Waals surface area contributed by atoms with Gasteiger partial charge in [0, 0.05) is 18.4 Å². The summed E-state index contributed by atoms with van der Waals surface area (Å²) in [6.45, 7) is 27.2. The zero-order valence-corrected chi connectivity index (χ0v) is 29.8. The molecule has 0 bridgehead atoms. The molecule has 0 aromatic rings. The molecule has 2 unspecified atom stereocenters. The molecule has 3 heterocycles. The minimum atomic E-state index is -1.83. The third-order valence-corrected chi connectivity index (χ3v) is 19.6. The van der Waals surface area contributed by atoms with Crippen molar-refractivity contribution in [2.45, 2.75) is 168 Å². The molecule has 14 atom stereocenters. The Kier molecular flexibility index (Phi) is 6.96. The van der Waals surface area contributed by atoms with Crippen molar-refractivity contribution >= 4 is 8.32 Å². The van der Waals surface area contributed by atoms with Crippen LogP contribution in [0, 0.1) is 52.3 Å². The predicted octanol–water partition coefficient (Wildman–Crippen LogP) is 8.56. The van der Waals surface area contributed by atoms with E-state index in [1.165, 1.54) is 32.1 Å². The molecule has 3 aliphatic heterocycles. The first-order valence-electron chi connectivity index (χ1n) is 17.8. The highest BCUT2D eigenvalue weighted by atomic mass is 28.4. The summed E-state index contributed by atoms with van der Waals surface area (Å²) >= 11 is 0. The largest absolute Gasteiger partial charge is 0.414 e. The van der Waals surface area contributed by atoms with E-state index in [-0.39, 0.29) is 33.9 Å². The molecule has 3 saturated heterocycles. The van der Waals surface area contributed by atoms with Gasteiger partial charge in [-0.05, 0) is 123 Å². The molecule has 7 aliphatic rings. The summed E-state index contributed by atoms with van der Waals surface area (Å²) in [4.78, 5) is 0. The van der Waals surface area contributed by atoms with E-state index in [1.54, 1.807) is 0 Å². The maximum absolute atomic E-state index is 7.10. The van der Waals surface area contributed by atoms with Gasteiger partial charge in [-0.15, -0.1) is 0 Å². The number of hydrogen-bond donors (Lipinski definition) is 0. The second-order valence-corrected chi connectivity index (χ2v) is 23.5. The van der Waals surface area contributed by atoms with Crippen LogP contribution in [0.25, 0.3) is 0 Å². The molecule has 0 N–H and O–H groups in total. The molecule has 0 aromatic heterocycles. The van der Waals surface area contributed by atoms with E-state index in [1.807, 2.05) is 0 Å². The van der Waals surface area contributed by atoms with Gasteiger partial charge in [0.2, 0.25) is 0 Å². The van der Waals surface area contributed by atoms with Crippen molar-refractivity contribution in [1.29, 1.82) is 0 Å². The normalized spacial score (nSPS) is 55.1.